The molecule has 0 saturated heterocycles. The van der Waals surface area contributed by atoms with E-state index in [-0.39, 0.29) is 17.0 Å². The van der Waals surface area contributed by atoms with E-state index >= 15 is 0 Å². The zero-order chi connectivity index (χ0) is 17.9. The van der Waals surface area contributed by atoms with Gasteiger partial charge < -0.3 is 14.8 Å². The number of aryl methyl sites for hydroxylation is 1. The van der Waals surface area contributed by atoms with Gasteiger partial charge in [-0.05, 0) is 44.5 Å². The summed E-state index contributed by atoms with van der Waals surface area (Å²) in [6.45, 7) is 5.64. The number of amides is 1. The van der Waals surface area contributed by atoms with Gasteiger partial charge in [0.2, 0.25) is 5.88 Å². The largest absolute Gasteiger partial charge is 0.495 e. The molecule has 7 heteroatoms. The Balaban J connectivity index is 2.26. The number of methoxy groups -OCH3 is 1. The predicted molar refractivity (Wildman–Crippen MR) is 98.4 cm³/mol. The van der Waals surface area contributed by atoms with Gasteiger partial charge in [-0.15, -0.1) is 0 Å². The van der Waals surface area contributed by atoms with Crippen LogP contribution in [-0.4, -0.2) is 24.1 Å². The van der Waals surface area contributed by atoms with Gasteiger partial charge in [0.25, 0.3) is 5.91 Å². The number of benzene rings is 1. The maximum Gasteiger partial charge on any atom is 0.257 e. The van der Waals surface area contributed by atoms with Crippen LogP contribution in [-0.2, 0) is 0 Å². The van der Waals surface area contributed by atoms with E-state index in [1.165, 1.54) is 12.3 Å². The van der Waals surface area contributed by atoms with Crippen molar-refractivity contribution in [1.82, 2.24) is 4.98 Å². The van der Waals surface area contributed by atoms with Gasteiger partial charge in [0, 0.05) is 10.7 Å². The minimum Gasteiger partial charge on any atom is -0.495 e. The molecule has 0 fully saturated rings. The van der Waals surface area contributed by atoms with Crippen LogP contribution >= 0.6 is 27.5 Å². The molecule has 1 amide bonds. The number of hydrogen-bond donors (Lipinski definition) is 1. The molecule has 1 N–H and O–H groups in total. The molecule has 128 valence electrons. The van der Waals surface area contributed by atoms with E-state index in [1.807, 2.05) is 26.8 Å². The maximum absolute atomic E-state index is 12.5. The van der Waals surface area contributed by atoms with Gasteiger partial charge in [0.15, 0.2) is 0 Å². The Bertz CT molecular complexity index is 766. The van der Waals surface area contributed by atoms with Gasteiger partial charge in [0.1, 0.15) is 10.8 Å². The first-order chi connectivity index (χ1) is 11.3. The van der Waals surface area contributed by atoms with Crippen LogP contribution in [0.25, 0.3) is 0 Å². The molecule has 1 aromatic carbocycles. The molecule has 0 atom stereocenters. The average Bonchev–Trinajstić information content (AvgIpc) is 2.51. The minimum atomic E-state index is -0.329. The van der Waals surface area contributed by atoms with Crippen LogP contribution < -0.4 is 14.8 Å². The number of carbonyl (C=O) groups excluding carboxylic acids is 1. The Kier molecular flexibility index (Phi) is 6.07. The molecule has 2 rings (SSSR count). The molecule has 0 radical (unpaired) electrons. The molecule has 5 nitrogen and oxygen atoms in total. The second-order valence-corrected chi connectivity index (χ2v) is 6.75. The zero-order valence-corrected chi connectivity index (χ0v) is 16.2. The third kappa shape index (κ3) is 4.39. The molecule has 0 aliphatic heterocycles. The fourth-order valence-corrected chi connectivity index (χ4v) is 2.84. The molecule has 0 aliphatic rings. The van der Waals surface area contributed by atoms with Gasteiger partial charge in [-0.2, -0.15) is 0 Å². The van der Waals surface area contributed by atoms with E-state index < -0.39 is 0 Å². The van der Waals surface area contributed by atoms with Crippen LogP contribution in [0.1, 0.15) is 29.8 Å². The smallest absolute Gasteiger partial charge is 0.257 e. The summed E-state index contributed by atoms with van der Waals surface area (Å²) in [6, 6.07) is 5.21. The lowest BCUT2D eigenvalue weighted by Crippen LogP contribution is -2.15. The Hall–Kier alpha value is -1.79. The summed E-state index contributed by atoms with van der Waals surface area (Å²) in [6.07, 6.45) is 1.38. The molecule has 0 saturated carbocycles. The summed E-state index contributed by atoms with van der Waals surface area (Å²) in [5.41, 5.74) is 1.80. The van der Waals surface area contributed by atoms with Crippen molar-refractivity contribution in [2.45, 2.75) is 26.9 Å². The van der Waals surface area contributed by atoms with Crippen molar-refractivity contribution >= 4 is 39.1 Å². The van der Waals surface area contributed by atoms with E-state index in [9.17, 15) is 4.79 Å². The quantitative estimate of drug-likeness (QED) is 0.761. The Labute approximate surface area is 154 Å². The number of aromatic nitrogens is 1. The van der Waals surface area contributed by atoms with Crippen molar-refractivity contribution in [3.63, 3.8) is 0 Å². The Morgan fingerprint density at radius 2 is 2.04 bits per heavy atom. The van der Waals surface area contributed by atoms with E-state index in [2.05, 4.69) is 26.2 Å². The minimum absolute atomic E-state index is 0.0515. The van der Waals surface area contributed by atoms with Crippen molar-refractivity contribution in [3.8, 4) is 11.6 Å². The number of nitrogens with one attached hydrogen (secondary N) is 1. The summed E-state index contributed by atoms with van der Waals surface area (Å²) >= 11 is 9.53. The fourth-order valence-electron chi connectivity index (χ4n) is 2.08. The molecule has 24 heavy (non-hydrogen) atoms. The van der Waals surface area contributed by atoms with Crippen LogP contribution in [0.5, 0.6) is 11.6 Å². The van der Waals surface area contributed by atoms with E-state index in [0.29, 0.717) is 22.9 Å². The first-order valence-electron chi connectivity index (χ1n) is 7.29. The van der Waals surface area contributed by atoms with Crippen molar-refractivity contribution in [3.05, 3.63) is 45.0 Å². The number of anilines is 1. The first kappa shape index (κ1) is 18.5. The average molecular weight is 414 g/mol. The molecule has 0 unspecified atom stereocenters. The second kappa shape index (κ2) is 7.85. The molecule has 2 aromatic rings. The van der Waals surface area contributed by atoms with Gasteiger partial charge in [-0.25, -0.2) is 4.98 Å². The molecular formula is C17H18BrClN2O3. The first-order valence-corrected chi connectivity index (χ1v) is 8.46. The number of hydrogen-bond acceptors (Lipinski definition) is 4. The van der Waals surface area contributed by atoms with E-state index in [4.69, 9.17) is 21.1 Å². The maximum atomic E-state index is 12.5. The van der Waals surface area contributed by atoms with Crippen molar-refractivity contribution in [1.29, 1.82) is 0 Å². The number of pyridine rings is 1. The highest BCUT2D eigenvalue weighted by Gasteiger charge is 2.15. The zero-order valence-electron chi connectivity index (χ0n) is 13.8. The van der Waals surface area contributed by atoms with Gasteiger partial charge in [-0.1, -0.05) is 27.5 Å². The molecule has 0 aliphatic carbocycles. The van der Waals surface area contributed by atoms with Crippen molar-refractivity contribution < 1.29 is 14.3 Å². The number of halogens is 2. The van der Waals surface area contributed by atoms with Crippen molar-refractivity contribution in [2.24, 2.45) is 0 Å². The summed E-state index contributed by atoms with van der Waals surface area (Å²) in [7, 11) is 1.55. The highest BCUT2D eigenvalue weighted by Crippen LogP contribution is 2.32. The molecular weight excluding hydrogens is 396 g/mol. The van der Waals surface area contributed by atoms with Crippen LogP contribution in [0.4, 0.5) is 5.69 Å². The Morgan fingerprint density at radius 1 is 1.33 bits per heavy atom. The lowest BCUT2D eigenvalue weighted by Gasteiger charge is -2.14. The number of nitrogens with zero attached hydrogens (tertiary/aromatic N) is 1. The molecule has 0 spiro atoms. The third-order valence-electron chi connectivity index (χ3n) is 3.14. The van der Waals surface area contributed by atoms with Crippen LogP contribution in [0.3, 0.4) is 0 Å². The van der Waals surface area contributed by atoms with Crippen LogP contribution in [0, 0.1) is 6.92 Å². The van der Waals surface area contributed by atoms with Gasteiger partial charge in [0.05, 0.1) is 24.5 Å². The lowest BCUT2D eigenvalue weighted by molar-refractivity contribution is 0.102. The van der Waals surface area contributed by atoms with E-state index in [1.54, 1.807) is 13.2 Å². The highest BCUT2D eigenvalue weighted by molar-refractivity contribution is 9.10. The number of carbonyl (C=O) groups is 1. The standard InChI is InChI=1S/C17H18BrClN2O3/c1-9(2)24-17-13(19)6-11(8-20-17)16(22)21-15-10(3)5-12(18)7-14(15)23-4/h5-9H,1-4H3,(H,21,22). The summed E-state index contributed by atoms with van der Waals surface area (Å²) in [4.78, 5) is 16.6. The molecule has 1 aromatic heterocycles. The second-order valence-electron chi connectivity index (χ2n) is 5.43. The lowest BCUT2D eigenvalue weighted by atomic mass is 10.1. The summed E-state index contributed by atoms with van der Waals surface area (Å²) < 4.78 is 11.7. The van der Waals surface area contributed by atoms with E-state index in [0.717, 1.165) is 10.0 Å². The topological polar surface area (TPSA) is 60.5 Å². The van der Waals surface area contributed by atoms with Gasteiger partial charge >= 0.3 is 0 Å². The van der Waals surface area contributed by atoms with Crippen molar-refractivity contribution in [2.75, 3.05) is 12.4 Å². The third-order valence-corrected chi connectivity index (χ3v) is 3.87. The SMILES string of the molecule is COc1cc(Br)cc(C)c1NC(=O)c1cnc(OC(C)C)c(Cl)c1. The monoisotopic (exact) mass is 412 g/mol. The highest BCUT2D eigenvalue weighted by atomic mass is 79.9. The van der Waals surface area contributed by atoms with Crippen LogP contribution in [0.2, 0.25) is 5.02 Å². The number of ether oxygens (including phenoxy) is 2. The summed E-state index contributed by atoms with van der Waals surface area (Å²) in [5.74, 6) is 0.541. The molecule has 0 bridgehead atoms. The normalized spacial score (nSPS) is 10.6. The molecule has 1 heterocycles. The number of rotatable bonds is 5. The Morgan fingerprint density at radius 3 is 2.62 bits per heavy atom. The predicted octanol–water partition coefficient (Wildman–Crippen LogP) is 4.85. The fraction of sp³-hybridized carbons (Fsp3) is 0.294. The summed E-state index contributed by atoms with van der Waals surface area (Å²) in [5, 5.41) is 3.12. The van der Waals surface area contributed by atoms with Crippen LogP contribution in [0.15, 0.2) is 28.9 Å². The van der Waals surface area contributed by atoms with Gasteiger partial charge in [-0.3, -0.25) is 4.79 Å².